The van der Waals surface area contributed by atoms with Gasteiger partial charge in [0.25, 0.3) is 5.91 Å². The fraction of sp³-hybridized carbons (Fsp3) is 0.545. The molecule has 3 nitrogen and oxygen atoms in total. The van der Waals surface area contributed by atoms with E-state index in [1.807, 2.05) is 6.07 Å². The van der Waals surface area contributed by atoms with Crippen molar-refractivity contribution >= 4 is 49.1 Å². The third kappa shape index (κ3) is 3.53. The summed E-state index contributed by atoms with van der Waals surface area (Å²) in [6, 6.07) is 2.43. The molecule has 1 heterocycles. The Balaban J connectivity index is 1.95. The maximum atomic E-state index is 12.0. The Bertz CT molecular complexity index is 414. The summed E-state index contributed by atoms with van der Waals surface area (Å²) in [7, 11) is 0. The third-order valence-corrected chi connectivity index (χ3v) is 5.35. The van der Waals surface area contributed by atoms with Gasteiger partial charge in [0.1, 0.15) is 0 Å². The van der Waals surface area contributed by atoms with E-state index in [0.717, 1.165) is 33.3 Å². The van der Waals surface area contributed by atoms with Crippen LogP contribution in [0.3, 0.4) is 0 Å². The smallest absolute Gasteiger partial charge is 0.253 e. The lowest BCUT2D eigenvalue weighted by molar-refractivity contribution is 0.0925. The van der Waals surface area contributed by atoms with E-state index < -0.39 is 0 Å². The number of amides is 1. The summed E-state index contributed by atoms with van der Waals surface area (Å²) in [5.74, 6) is -0.000651. The SMILES string of the molecule is NC1CCC(NC(=O)c2cc(Br)sc2Br)CC1. The van der Waals surface area contributed by atoms with Gasteiger partial charge in [-0.2, -0.15) is 0 Å². The molecule has 0 aromatic carbocycles. The number of hydrogen-bond donors (Lipinski definition) is 2. The van der Waals surface area contributed by atoms with Crippen molar-refractivity contribution in [2.75, 3.05) is 0 Å². The summed E-state index contributed by atoms with van der Waals surface area (Å²) in [6.45, 7) is 0. The molecule has 17 heavy (non-hydrogen) atoms. The van der Waals surface area contributed by atoms with Crippen molar-refractivity contribution in [1.29, 1.82) is 0 Å². The molecule has 1 aromatic rings. The van der Waals surface area contributed by atoms with Crippen LogP contribution in [-0.4, -0.2) is 18.0 Å². The zero-order valence-corrected chi connectivity index (χ0v) is 13.2. The summed E-state index contributed by atoms with van der Waals surface area (Å²) in [6.07, 6.45) is 3.96. The predicted molar refractivity (Wildman–Crippen MR) is 77.4 cm³/mol. The molecule has 0 spiro atoms. The van der Waals surface area contributed by atoms with Crippen LogP contribution in [0.25, 0.3) is 0 Å². The van der Waals surface area contributed by atoms with Crippen LogP contribution in [0.15, 0.2) is 13.6 Å². The van der Waals surface area contributed by atoms with Gasteiger partial charge in [0.2, 0.25) is 0 Å². The molecule has 0 aliphatic heterocycles. The molecule has 3 N–H and O–H groups in total. The first-order chi connectivity index (χ1) is 8.06. The molecular formula is C11H14Br2N2OS. The predicted octanol–water partition coefficient (Wildman–Crippen LogP) is 3.27. The minimum absolute atomic E-state index is 0.000651. The lowest BCUT2D eigenvalue weighted by Crippen LogP contribution is -2.40. The lowest BCUT2D eigenvalue weighted by atomic mass is 9.92. The average Bonchev–Trinajstić information content (AvgIpc) is 2.61. The fourth-order valence-corrected chi connectivity index (χ4v) is 4.82. The van der Waals surface area contributed by atoms with Crippen LogP contribution < -0.4 is 11.1 Å². The quantitative estimate of drug-likeness (QED) is 0.825. The topological polar surface area (TPSA) is 55.1 Å². The van der Waals surface area contributed by atoms with Gasteiger partial charge in [-0.3, -0.25) is 4.79 Å². The van der Waals surface area contributed by atoms with E-state index in [1.165, 1.54) is 11.3 Å². The highest BCUT2D eigenvalue weighted by Gasteiger charge is 2.22. The molecule has 94 valence electrons. The highest BCUT2D eigenvalue weighted by atomic mass is 79.9. The standard InChI is InChI=1S/C11H14Br2N2OS/c12-9-5-8(10(13)17-9)11(16)15-7-3-1-6(14)2-4-7/h5-7H,1-4,14H2,(H,15,16). The van der Waals surface area contributed by atoms with Gasteiger partial charge >= 0.3 is 0 Å². The molecule has 1 aliphatic rings. The molecule has 0 atom stereocenters. The highest BCUT2D eigenvalue weighted by molar-refractivity contribution is 9.12. The van der Waals surface area contributed by atoms with Gasteiger partial charge in [0, 0.05) is 12.1 Å². The Hall–Kier alpha value is 0.0900. The van der Waals surface area contributed by atoms with E-state index in [2.05, 4.69) is 37.2 Å². The molecule has 2 rings (SSSR count). The third-order valence-electron chi connectivity index (χ3n) is 3.01. The second kappa shape index (κ2) is 5.82. The lowest BCUT2D eigenvalue weighted by Gasteiger charge is -2.26. The van der Waals surface area contributed by atoms with E-state index >= 15 is 0 Å². The molecule has 0 unspecified atom stereocenters. The van der Waals surface area contributed by atoms with Crippen molar-refractivity contribution in [1.82, 2.24) is 5.32 Å². The van der Waals surface area contributed by atoms with Crippen molar-refractivity contribution in [3.63, 3.8) is 0 Å². The van der Waals surface area contributed by atoms with E-state index in [0.29, 0.717) is 11.6 Å². The largest absolute Gasteiger partial charge is 0.349 e. The Kier molecular flexibility index (Phi) is 4.63. The van der Waals surface area contributed by atoms with Crippen LogP contribution in [0, 0.1) is 0 Å². The zero-order valence-electron chi connectivity index (χ0n) is 9.21. The number of nitrogens with one attached hydrogen (secondary N) is 1. The van der Waals surface area contributed by atoms with Crippen LogP contribution in [0.2, 0.25) is 0 Å². The zero-order chi connectivity index (χ0) is 12.4. The summed E-state index contributed by atoms with van der Waals surface area (Å²) in [4.78, 5) is 12.0. The van der Waals surface area contributed by atoms with Gasteiger partial charge in [0.05, 0.1) is 13.1 Å². The molecule has 0 bridgehead atoms. The highest BCUT2D eigenvalue weighted by Crippen LogP contribution is 2.32. The van der Waals surface area contributed by atoms with E-state index in [-0.39, 0.29) is 11.9 Å². The maximum Gasteiger partial charge on any atom is 0.253 e. The molecule has 1 fully saturated rings. The van der Waals surface area contributed by atoms with Crippen LogP contribution >= 0.6 is 43.2 Å². The molecule has 1 aliphatic carbocycles. The summed E-state index contributed by atoms with van der Waals surface area (Å²) < 4.78 is 1.83. The minimum Gasteiger partial charge on any atom is -0.349 e. The number of rotatable bonds is 2. The van der Waals surface area contributed by atoms with E-state index in [1.54, 1.807) is 0 Å². The molecule has 6 heteroatoms. The second-order valence-corrected chi connectivity index (χ2v) is 8.07. The Morgan fingerprint density at radius 2 is 2.00 bits per heavy atom. The number of carbonyl (C=O) groups excluding carboxylic acids is 1. The average molecular weight is 382 g/mol. The van der Waals surface area contributed by atoms with Crippen molar-refractivity contribution in [2.45, 2.75) is 37.8 Å². The van der Waals surface area contributed by atoms with Crippen molar-refractivity contribution < 1.29 is 4.79 Å². The Morgan fingerprint density at radius 1 is 1.35 bits per heavy atom. The van der Waals surface area contributed by atoms with E-state index in [9.17, 15) is 4.79 Å². The van der Waals surface area contributed by atoms with Crippen LogP contribution in [0.1, 0.15) is 36.0 Å². The first-order valence-corrected chi connectivity index (χ1v) is 7.98. The monoisotopic (exact) mass is 380 g/mol. The van der Waals surface area contributed by atoms with Crippen molar-refractivity contribution in [3.8, 4) is 0 Å². The van der Waals surface area contributed by atoms with Crippen molar-refractivity contribution in [3.05, 3.63) is 19.2 Å². The summed E-state index contributed by atoms with van der Waals surface area (Å²) in [5.41, 5.74) is 6.55. The van der Waals surface area contributed by atoms with Crippen molar-refractivity contribution in [2.24, 2.45) is 5.73 Å². The fourth-order valence-electron chi connectivity index (χ4n) is 2.02. The van der Waals surface area contributed by atoms with Gasteiger partial charge in [0.15, 0.2) is 0 Å². The number of hydrogen-bond acceptors (Lipinski definition) is 3. The number of thiophene rings is 1. The number of halogens is 2. The van der Waals surface area contributed by atoms with Crippen LogP contribution in [0.5, 0.6) is 0 Å². The summed E-state index contributed by atoms with van der Waals surface area (Å²) in [5, 5.41) is 3.07. The first kappa shape index (κ1) is 13.5. The van der Waals surface area contributed by atoms with Gasteiger partial charge in [-0.15, -0.1) is 11.3 Å². The number of carbonyl (C=O) groups is 1. The molecule has 0 radical (unpaired) electrons. The molecule has 1 aromatic heterocycles. The van der Waals surface area contributed by atoms with Crippen LogP contribution in [-0.2, 0) is 0 Å². The molecular weight excluding hydrogens is 368 g/mol. The molecule has 0 saturated heterocycles. The first-order valence-electron chi connectivity index (χ1n) is 5.57. The molecule has 1 saturated carbocycles. The minimum atomic E-state index is -0.000651. The summed E-state index contributed by atoms with van der Waals surface area (Å²) >= 11 is 8.29. The second-order valence-electron chi connectivity index (χ2n) is 4.32. The number of nitrogens with two attached hydrogens (primary N) is 1. The van der Waals surface area contributed by atoms with Gasteiger partial charge in [-0.25, -0.2) is 0 Å². The van der Waals surface area contributed by atoms with Crippen LogP contribution in [0.4, 0.5) is 0 Å². The van der Waals surface area contributed by atoms with Gasteiger partial charge in [-0.05, 0) is 63.6 Å². The van der Waals surface area contributed by atoms with Gasteiger partial charge < -0.3 is 11.1 Å². The Morgan fingerprint density at radius 3 is 2.53 bits per heavy atom. The maximum absolute atomic E-state index is 12.0. The van der Waals surface area contributed by atoms with Gasteiger partial charge in [-0.1, -0.05) is 0 Å². The van der Waals surface area contributed by atoms with E-state index in [4.69, 9.17) is 5.73 Å². The Labute approximate surface area is 121 Å². The molecule has 1 amide bonds. The normalized spacial score (nSPS) is 24.6.